The smallest absolute Gasteiger partial charge is 0.327 e. The number of rotatable bonds is 10. The molecule has 0 aliphatic carbocycles. The number of carbonyl (C=O) groups excluding carboxylic acids is 1. The van der Waals surface area contributed by atoms with Gasteiger partial charge in [0.2, 0.25) is 0 Å². The third-order valence-corrected chi connectivity index (χ3v) is 5.71. The first kappa shape index (κ1) is 24.5. The summed E-state index contributed by atoms with van der Waals surface area (Å²) in [6, 6.07) is 5.60. The number of aromatic nitrogens is 5. The van der Waals surface area contributed by atoms with E-state index in [0.29, 0.717) is 17.9 Å². The molecule has 1 aromatic carbocycles. The van der Waals surface area contributed by atoms with E-state index in [1.807, 2.05) is 50.8 Å². The fourth-order valence-corrected chi connectivity index (χ4v) is 4.15. The van der Waals surface area contributed by atoms with Crippen molar-refractivity contribution in [3.63, 3.8) is 0 Å². The fraction of sp³-hybridized carbons (Fsp3) is 0.522. The van der Waals surface area contributed by atoms with Crippen LogP contribution in [0.5, 0.6) is 0 Å². The normalized spacial score (nSPS) is 12.6. The van der Waals surface area contributed by atoms with Gasteiger partial charge in [0.25, 0.3) is 5.56 Å². The molecule has 0 saturated heterocycles. The molecular formula is C23H32N6O4. The summed E-state index contributed by atoms with van der Waals surface area (Å²) >= 11 is 0. The van der Waals surface area contributed by atoms with Crippen LogP contribution in [-0.4, -0.2) is 60.9 Å². The van der Waals surface area contributed by atoms with Crippen molar-refractivity contribution in [2.24, 2.45) is 5.92 Å². The maximum absolute atomic E-state index is 12.9. The molecule has 0 spiro atoms. The monoisotopic (exact) mass is 456 g/mol. The Balaban J connectivity index is 2.00. The highest BCUT2D eigenvalue weighted by Gasteiger charge is 2.30. The number of aliphatic hydroxyl groups is 1. The van der Waals surface area contributed by atoms with Crippen LogP contribution in [0.25, 0.3) is 10.9 Å². The van der Waals surface area contributed by atoms with E-state index in [2.05, 4.69) is 20.5 Å². The maximum Gasteiger partial charge on any atom is 0.327 e. The van der Waals surface area contributed by atoms with Crippen molar-refractivity contribution in [2.75, 3.05) is 19.8 Å². The number of aliphatic hydroxyl groups excluding tert-OH is 1. The average molecular weight is 457 g/mol. The van der Waals surface area contributed by atoms with Gasteiger partial charge in [0.1, 0.15) is 6.54 Å². The summed E-state index contributed by atoms with van der Waals surface area (Å²) < 4.78 is 6.46. The molecule has 2 heterocycles. The minimum atomic E-state index is -0.431. The minimum Gasteiger partial charge on any atom is -0.465 e. The molecule has 1 atom stereocenters. The van der Waals surface area contributed by atoms with E-state index < -0.39 is 5.97 Å². The zero-order valence-electron chi connectivity index (χ0n) is 19.8. The van der Waals surface area contributed by atoms with Gasteiger partial charge in [-0.3, -0.25) is 14.5 Å². The van der Waals surface area contributed by atoms with Crippen LogP contribution in [0.4, 0.5) is 0 Å². The third-order valence-electron chi connectivity index (χ3n) is 5.71. The number of aromatic amines is 1. The number of hydrogen-bond donors (Lipinski definition) is 2. The molecule has 33 heavy (non-hydrogen) atoms. The van der Waals surface area contributed by atoms with Crippen LogP contribution in [0.2, 0.25) is 0 Å². The van der Waals surface area contributed by atoms with Crippen LogP contribution in [-0.2, 0) is 22.6 Å². The lowest BCUT2D eigenvalue weighted by molar-refractivity contribution is -0.144. The molecule has 0 bridgehead atoms. The molecule has 0 fully saturated rings. The Morgan fingerprint density at radius 3 is 2.67 bits per heavy atom. The van der Waals surface area contributed by atoms with Crippen molar-refractivity contribution in [1.29, 1.82) is 0 Å². The largest absolute Gasteiger partial charge is 0.465 e. The molecular weight excluding hydrogens is 424 g/mol. The highest BCUT2D eigenvalue weighted by molar-refractivity contribution is 5.85. The standard InChI is InChI=1S/C23H32N6O4/c1-6-33-19(31)13-29-22(25-26-27-29)21(14(2)3)28(9-10-30)12-17-11-18-15(4)7-8-16(5)20(18)24-23(17)32/h7-8,11,14,21,30H,6,9-10,12-13H2,1-5H3,(H,24,32). The van der Waals surface area contributed by atoms with Crippen molar-refractivity contribution in [3.8, 4) is 0 Å². The van der Waals surface area contributed by atoms with Gasteiger partial charge in [0.15, 0.2) is 5.82 Å². The highest BCUT2D eigenvalue weighted by Crippen LogP contribution is 2.28. The van der Waals surface area contributed by atoms with Gasteiger partial charge in [-0.2, -0.15) is 0 Å². The Morgan fingerprint density at radius 2 is 2.00 bits per heavy atom. The van der Waals surface area contributed by atoms with Crippen molar-refractivity contribution >= 4 is 16.9 Å². The number of esters is 1. The first-order valence-electron chi connectivity index (χ1n) is 11.2. The number of benzene rings is 1. The summed E-state index contributed by atoms with van der Waals surface area (Å²) in [5, 5.41) is 22.7. The highest BCUT2D eigenvalue weighted by atomic mass is 16.5. The molecule has 0 saturated carbocycles. The van der Waals surface area contributed by atoms with Crippen molar-refractivity contribution < 1.29 is 14.6 Å². The maximum atomic E-state index is 12.9. The van der Waals surface area contributed by atoms with Gasteiger partial charge < -0.3 is 14.8 Å². The van der Waals surface area contributed by atoms with E-state index >= 15 is 0 Å². The van der Waals surface area contributed by atoms with Gasteiger partial charge in [0.05, 0.1) is 24.8 Å². The van der Waals surface area contributed by atoms with Gasteiger partial charge in [-0.05, 0) is 54.3 Å². The van der Waals surface area contributed by atoms with Gasteiger partial charge in [0, 0.05) is 24.0 Å². The Kier molecular flexibility index (Phi) is 7.93. The summed E-state index contributed by atoms with van der Waals surface area (Å²) in [6.07, 6.45) is 0. The number of nitrogens with zero attached hydrogens (tertiary/aromatic N) is 5. The second-order valence-corrected chi connectivity index (χ2v) is 8.49. The molecule has 0 radical (unpaired) electrons. The topological polar surface area (TPSA) is 126 Å². The molecule has 10 nitrogen and oxygen atoms in total. The number of pyridine rings is 1. The number of fused-ring (bicyclic) bond motifs is 1. The Morgan fingerprint density at radius 1 is 1.27 bits per heavy atom. The summed E-state index contributed by atoms with van der Waals surface area (Å²) in [5.41, 5.74) is 3.31. The predicted molar refractivity (Wildman–Crippen MR) is 124 cm³/mol. The van der Waals surface area contributed by atoms with Crippen LogP contribution >= 0.6 is 0 Å². The van der Waals surface area contributed by atoms with Gasteiger partial charge in [-0.1, -0.05) is 26.0 Å². The van der Waals surface area contributed by atoms with E-state index in [4.69, 9.17) is 4.74 Å². The Bertz CT molecular complexity index is 1170. The lowest BCUT2D eigenvalue weighted by Crippen LogP contribution is -2.37. The number of tetrazole rings is 1. The van der Waals surface area contributed by atoms with Crippen LogP contribution in [0, 0.1) is 19.8 Å². The first-order valence-corrected chi connectivity index (χ1v) is 11.2. The summed E-state index contributed by atoms with van der Waals surface area (Å²) in [6.45, 7) is 10.4. The van der Waals surface area contributed by atoms with Gasteiger partial charge in [-0.15, -0.1) is 5.10 Å². The van der Waals surface area contributed by atoms with E-state index in [1.54, 1.807) is 6.92 Å². The molecule has 0 aliphatic rings. The zero-order valence-corrected chi connectivity index (χ0v) is 19.8. The Hall–Kier alpha value is -3.11. The zero-order chi connectivity index (χ0) is 24.1. The van der Waals surface area contributed by atoms with E-state index in [1.165, 1.54) is 4.68 Å². The summed E-state index contributed by atoms with van der Waals surface area (Å²) in [5.74, 6) is 0.0850. The molecule has 2 N–H and O–H groups in total. The number of aryl methyl sites for hydroxylation is 2. The quantitative estimate of drug-likeness (QED) is 0.443. The second-order valence-electron chi connectivity index (χ2n) is 8.49. The molecule has 0 aliphatic heterocycles. The third kappa shape index (κ3) is 5.45. The summed E-state index contributed by atoms with van der Waals surface area (Å²) in [7, 11) is 0. The lowest BCUT2D eigenvalue weighted by Gasteiger charge is -2.33. The average Bonchev–Trinajstić information content (AvgIpc) is 3.19. The number of H-pyrrole nitrogens is 1. The van der Waals surface area contributed by atoms with Gasteiger partial charge >= 0.3 is 5.97 Å². The molecule has 10 heteroatoms. The van der Waals surface area contributed by atoms with Crippen LogP contribution in [0.3, 0.4) is 0 Å². The SMILES string of the molecule is CCOC(=O)Cn1nnnc1C(C(C)C)N(CCO)Cc1cc2c(C)ccc(C)c2[nH]c1=O. The van der Waals surface area contributed by atoms with Crippen LogP contribution < -0.4 is 5.56 Å². The van der Waals surface area contributed by atoms with E-state index in [-0.39, 0.29) is 43.8 Å². The Labute approximate surface area is 192 Å². The van der Waals surface area contributed by atoms with Crippen LogP contribution in [0.1, 0.15) is 49.3 Å². The molecule has 0 amide bonds. The van der Waals surface area contributed by atoms with Crippen molar-refractivity contribution in [1.82, 2.24) is 30.1 Å². The molecule has 3 rings (SSSR count). The fourth-order valence-electron chi connectivity index (χ4n) is 4.15. The van der Waals surface area contributed by atoms with Gasteiger partial charge in [-0.25, -0.2) is 4.68 Å². The van der Waals surface area contributed by atoms with Crippen molar-refractivity contribution in [3.05, 3.63) is 51.1 Å². The molecule has 1 unspecified atom stereocenters. The number of nitrogens with one attached hydrogen (secondary N) is 1. The number of ether oxygens (including phenoxy) is 1. The van der Waals surface area contributed by atoms with Crippen molar-refractivity contribution in [2.45, 2.75) is 53.8 Å². The van der Waals surface area contributed by atoms with E-state index in [0.717, 1.165) is 22.0 Å². The minimum absolute atomic E-state index is 0.0343. The first-order chi connectivity index (χ1) is 15.8. The molecule has 3 aromatic rings. The second kappa shape index (κ2) is 10.7. The number of hydrogen-bond acceptors (Lipinski definition) is 8. The van der Waals surface area contributed by atoms with E-state index in [9.17, 15) is 14.7 Å². The molecule has 2 aromatic heterocycles. The number of carbonyl (C=O) groups is 1. The molecule has 178 valence electrons. The predicted octanol–water partition coefficient (Wildman–Crippen LogP) is 1.89. The lowest BCUT2D eigenvalue weighted by atomic mass is 9.99. The summed E-state index contributed by atoms with van der Waals surface area (Å²) in [4.78, 5) is 30.0. The van der Waals surface area contributed by atoms with Crippen LogP contribution in [0.15, 0.2) is 23.0 Å².